The molecule has 0 unspecified atom stereocenters. The molecule has 3 rings (SSSR count). The van der Waals surface area contributed by atoms with Gasteiger partial charge in [-0.15, -0.1) is 11.8 Å². The van der Waals surface area contributed by atoms with Crippen molar-refractivity contribution < 1.29 is 4.39 Å². The van der Waals surface area contributed by atoms with E-state index in [1.54, 1.807) is 22.4 Å². The van der Waals surface area contributed by atoms with E-state index >= 15 is 0 Å². The third kappa shape index (κ3) is 2.40. The van der Waals surface area contributed by atoms with Crippen molar-refractivity contribution in [2.45, 2.75) is 4.90 Å². The fraction of sp³-hybridized carbons (Fsp3) is 0.0714. The molecule has 0 bridgehead atoms. The van der Waals surface area contributed by atoms with E-state index in [2.05, 4.69) is 20.9 Å². The lowest BCUT2D eigenvalue weighted by molar-refractivity contribution is 0.629. The van der Waals surface area contributed by atoms with Crippen molar-refractivity contribution in [2.75, 3.05) is 6.26 Å². The number of hydrogen-bond acceptors (Lipinski definition) is 2. The monoisotopic (exact) mass is 336 g/mol. The molecule has 19 heavy (non-hydrogen) atoms. The summed E-state index contributed by atoms with van der Waals surface area (Å²) in [4.78, 5) is 5.54. The van der Waals surface area contributed by atoms with Gasteiger partial charge in [-0.2, -0.15) is 0 Å². The van der Waals surface area contributed by atoms with Crippen LogP contribution in [0.3, 0.4) is 0 Å². The SMILES string of the molecule is CSc1ccc(-c2cn3cc(Br)cc(F)c3n2)cc1. The zero-order valence-corrected chi connectivity index (χ0v) is 12.5. The molecule has 0 saturated heterocycles. The lowest BCUT2D eigenvalue weighted by Crippen LogP contribution is -1.87. The Morgan fingerprint density at radius 1 is 1.21 bits per heavy atom. The van der Waals surface area contributed by atoms with Crippen LogP contribution in [0.4, 0.5) is 4.39 Å². The molecule has 0 aliphatic rings. The molecule has 0 saturated carbocycles. The number of nitrogens with zero attached hydrogens (tertiary/aromatic N) is 2. The Morgan fingerprint density at radius 3 is 2.63 bits per heavy atom. The van der Waals surface area contributed by atoms with E-state index in [4.69, 9.17) is 0 Å². The second kappa shape index (κ2) is 4.98. The molecule has 0 N–H and O–H groups in total. The van der Waals surface area contributed by atoms with E-state index in [-0.39, 0.29) is 5.82 Å². The van der Waals surface area contributed by atoms with Crippen molar-refractivity contribution >= 4 is 33.3 Å². The van der Waals surface area contributed by atoms with Crippen LogP contribution >= 0.6 is 27.7 Å². The van der Waals surface area contributed by atoms with Crippen LogP contribution in [0.2, 0.25) is 0 Å². The minimum atomic E-state index is -0.332. The molecule has 0 amide bonds. The van der Waals surface area contributed by atoms with Gasteiger partial charge < -0.3 is 4.40 Å². The summed E-state index contributed by atoms with van der Waals surface area (Å²) in [7, 11) is 0. The Kier molecular flexibility index (Phi) is 3.33. The number of thioether (sulfide) groups is 1. The van der Waals surface area contributed by atoms with Gasteiger partial charge in [-0.05, 0) is 40.4 Å². The number of fused-ring (bicyclic) bond motifs is 1. The maximum Gasteiger partial charge on any atom is 0.173 e. The second-order valence-corrected chi connectivity index (χ2v) is 5.89. The third-order valence-corrected chi connectivity index (χ3v) is 4.04. The fourth-order valence-corrected chi connectivity index (χ4v) is 2.76. The lowest BCUT2D eigenvalue weighted by Gasteiger charge is -1.98. The molecule has 0 fully saturated rings. The number of rotatable bonds is 2. The quantitative estimate of drug-likeness (QED) is 0.635. The summed E-state index contributed by atoms with van der Waals surface area (Å²) in [6.45, 7) is 0. The predicted molar refractivity (Wildman–Crippen MR) is 80.1 cm³/mol. The second-order valence-electron chi connectivity index (χ2n) is 4.09. The topological polar surface area (TPSA) is 17.3 Å². The summed E-state index contributed by atoms with van der Waals surface area (Å²) in [6, 6.07) is 9.50. The number of aromatic nitrogens is 2. The molecule has 0 aliphatic heterocycles. The largest absolute Gasteiger partial charge is 0.303 e. The van der Waals surface area contributed by atoms with Crippen LogP contribution in [0.25, 0.3) is 16.9 Å². The molecule has 3 aromatic rings. The van der Waals surface area contributed by atoms with Crippen LogP contribution < -0.4 is 0 Å². The molecule has 0 spiro atoms. The Bertz CT molecular complexity index is 737. The normalized spacial score (nSPS) is 11.1. The van der Waals surface area contributed by atoms with E-state index in [0.29, 0.717) is 10.1 Å². The van der Waals surface area contributed by atoms with Crippen LogP contribution in [-0.4, -0.2) is 15.6 Å². The average Bonchev–Trinajstić information content (AvgIpc) is 2.83. The fourth-order valence-electron chi connectivity index (χ4n) is 1.93. The first-order valence-electron chi connectivity index (χ1n) is 5.65. The number of hydrogen-bond donors (Lipinski definition) is 0. The number of pyridine rings is 1. The maximum atomic E-state index is 13.8. The van der Waals surface area contributed by atoms with Crippen molar-refractivity contribution in [1.29, 1.82) is 0 Å². The zero-order chi connectivity index (χ0) is 13.4. The summed E-state index contributed by atoms with van der Waals surface area (Å²) in [5, 5.41) is 0. The molecule has 0 radical (unpaired) electrons. The molecule has 1 aromatic carbocycles. The standard InChI is InChI=1S/C14H10BrFN2S/c1-19-11-4-2-9(3-5-11)13-8-18-7-10(15)6-12(16)14(18)17-13/h2-8H,1H3. The highest BCUT2D eigenvalue weighted by Gasteiger charge is 2.09. The Morgan fingerprint density at radius 2 is 1.95 bits per heavy atom. The Hall–Kier alpha value is -1.33. The van der Waals surface area contributed by atoms with Gasteiger partial charge in [-0.3, -0.25) is 0 Å². The molecule has 2 nitrogen and oxygen atoms in total. The number of halogens is 2. The van der Waals surface area contributed by atoms with Crippen LogP contribution in [0.15, 0.2) is 52.1 Å². The van der Waals surface area contributed by atoms with Gasteiger partial charge in [0.25, 0.3) is 0 Å². The van der Waals surface area contributed by atoms with Gasteiger partial charge in [0.15, 0.2) is 11.5 Å². The van der Waals surface area contributed by atoms with E-state index in [1.165, 1.54) is 11.0 Å². The smallest absolute Gasteiger partial charge is 0.173 e. The van der Waals surface area contributed by atoms with Gasteiger partial charge in [0.05, 0.1) is 5.69 Å². The van der Waals surface area contributed by atoms with E-state index in [9.17, 15) is 4.39 Å². The minimum absolute atomic E-state index is 0.332. The van der Waals surface area contributed by atoms with Crippen molar-refractivity contribution in [2.24, 2.45) is 0 Å². The number of imidazole rings is 1. The Balaban J connectivity index is 2.12. The predicted octanol–water partition coefficient (Wildman–Crippen LogP) is 4.62. The highest BCUT2D eigenvalue weighted by Crippen LogP contribution is 2.24. The summed E-state index contributed by atoms with van der Waals surface area (Å²) >= 11 is 4.97. The summed E-state index contributed by atoms with van der Waals surface area (Å²) < 4.78 is 16.2. The highest BCUT2D eigenvalue weighted by atomic mass is 79.9. The van der Waals surface area contributed by atoms with Gasteiger partial charge in [0.2, 0.25) is 0 Å². The van der Waals surface area contributed by atoms with Crippen LogP contribution in [0.5, 0.6) is 0 Å². The summed E-state index contributed by atoms with van der Waals surface area (Å²) in [5.74, 6) is -0.332. The van der Waals surface area contributed by atoms with Crippen molar-refractivity contribution in [1.82, 2.24) is 9.38 Å². The lowest BCUT2D eigenvalue weighted by atomic mass is 10.2. The highest BCUT2D eigenvalue weighted by molar-refractivity contribution is 9.10. The minimum Gasteiger partial charge on any atom is -0.303 e. The van der Waals surface area contributed by atoms with Gasteiger partial charge >= 0.3 is 0 Å². The van der Waals surface area contributed by atoms with Gasteiger partial charge in [-0.1, -0.05) is 12.1 Å². The zero-order valence-electron chi connectivity index (χ0n) is 10.1. The maximum absolute atomic E-state index is 13.8. The van der Waals surface area contributed by atoms with Gasteiger partial charge in [0, 0.05) is 27.3 Å². The van der Waals surface area contributed by atoms with Crippen molar-refractivity contribution in [3.8, 4) is 11.3 Å². The van der Waals surface area contributed by atoms with Crippen molar-refractivity contribution in [3.05, 3.63) is 53.0 Å². The van der Waals surface area contributed by atoms with E-state index in [0.717, 1.165) is 11.3 Å². The average molecular weight is 337 g/mol. The number of benzene rings is 1. The van der Waals surface area contributed by atoms with Gasteiger partial charge in [0.1, 0.15) is 0 Å². The summed E-state index contributed by atoms with van der Waals surface area (Å²) in [6.07, 6.45) is 5.66. The van der Waals surface area contributed by atoms with Gasteiger partial charge in [-0.25, -0.2) is 9.37 Å². The first-order chi connectivity index (χ1) is 9.17. The molecule has 2 heterocycles. The van der Waals surface area contributed by atoms with Crippen LogP contribution in [0.1, 0.15) is 0 Å². The molecule has 0 aliphatic carbocycles. The first-order valence-corrected chi connectivity index (χ1v) is 7.67. The van der Waals surface area contributed by atoms with E-state index < -0.39 is 0 Å². The van der Waals surface area contributed by atoms with E-state index in [1.807, 2.05) is 36.7 Å². The Labute approximate surface area is 122 Å². The molecule has 5 heteroatoms. The summed E-state index contributed by atoms with van der Waals surface area (Å²) in [5.41, 5.74) is 2.09. The third-order valence-electron chi connectivity index (χ3n) is 2.86. The molecular weight excluding hydrogens is 327 g/mol. The molecule has 2 aromatic heterocycles. The molecule has 96 valence electrons. The molecule has 0 atom stereocenters. The van der Waals surface area contributed by atoms with Crippen molar-refractivity contribution in [3.63, 3.8) is 0 Å². The van der Waals surface area contributed by atoms with Crippen LogP contribution in [-0.2, 0) is 0 Å². The van der Waals surface area contributed by atoms with Crippen LogP contribution in [0, 0.1) is 5.82 Å². The molecular formula is C14H10BrFN2S. The first kappa shape index (κ1) is 12.7.